The third-order valence-corrected chi connectivity index (χ3v) is 20.0. The van der Waals surface area contributed by atoms with E-state index in [1.807, 2.05) is 12.2 Å². The van der Waals surface area contributed by atoms with Gasteiger partial charge >= 0.3 is 11.9 Å². The highest BCUT2D eigenvalue weighted by Gasteiger charge is 2.72. The summed E-state index contributed by atoms with van der Waals surface area (Å²) in [7, 11) is 0. The summed E-state index contributed by atoms with van der Waals surface area (Å²) in [5, 5.41) is 37.8. The number of aliphatic hydroxyl groups is 1. The molecule has 1 heterocycles. The maximum atomic E-state index is 14.7. The molecule has 1 aromatic heterocycles. The van der Waals surface area contributed by atoms with Crippen molar-refractivity contribution in [2.24, 2.45) is 57.2 Å². The number of halogens is 1. The number of aliphatic hydroxyl groups excluding tert-OH is 1. The Balaban J connectivity index is 0.964. The number of amides is 3. The first-order valence-electron chi connectivity index (χ1n) is 22.9. The van der Waals surface area contributed by atoms with Crippen LogP contribution in [0.1, 0.15) is 134 Å². The van der Waals surface area contributed by atoms with E-state index in [9.17, 15) is 34.2 Å². The quantitative estimate of drug-likeness (QED) is 0.0658. The molecule has 5 saturated carbocycles. The van der Waals surface area contributed by atoms with Crippen molar-refractivity contribution in [1.29, 1.82) is 0 Å². The van der Waals surface area contributed by atoms with E-state index in [0.29, 0.717) is 47.9 Å². The van der Waals surface area contributed by atoms with Crippen molar-refractivity contribution in [3.8, 4) is 0 Å². The zero-order valence-electron chi connectivity index (χ0n) is 37.1. The van der Waals surface area contributed by atoms with Gasteiger partial charge in [0.25, 0.3) is 11.8 Å². The molecule has 6 N–H and O–H groups in total. The Labute approximate surface area is 380 Å². The molecule has 6 aliphatic rings. The van der Waals surface area contributed by atoms with Gasteiger partial charge in [-0.25, -0.2) is 4.79 Å². The van der Waals surface area contributed by atoms with Gasteiger partial charge in [-0.05, 0) is 148 Å². The van der Waals surface area contributed by atoms with Crippen LogP contribution in [0.5, 0.6) is 0 Å². The maximum absolute atomic E-state index is 14.7. The number of nitrogens with zero attached hydrogens (tertiary/aromatic N) is 1. The summed E-state index contributed by atoms with van der Waals surface area (Å²) in [4.78, 5) is 67.0. The number of carbonyl (C=O) groups excluding carboxylic acids is 3. The number of hydrogen-bond donors (Lipinski definition) is 6. The van der Waals surface area contributed by atoms with Gasteiger partial charge in [0.15, 0.2) is 0 Å². The monoisotopic (exact) mass is 966 g/mol. The molecule has 11 unspecified atom stereocenters. The summed E-state index contributed by atoms with van der Waals surface area (Å²) in [6.45, 7) is 17.1. The Bertz CT molecular complexity index is 2030. The third kappa shape index (κ3) is 8.08. The second-order valence-corrected chi connectivity index (χ2v) is 22.8. The number of hydrogen-bond acceptors (Lipinski definition) is 7. The largest absolute Gasteiger partial charge is 0.481 e. The lowest BCUT2D eigenvalue weighted by Crippen LogP contribution is -2.69. The molecule has 13 heteroatoms. The number of fused-ring (bicyclic) bond motifs is 7. The van der Waals surface area contributed by atoms with Gasteiger partial charge in [0.05, 0.1) is 35.7 Å². The average molecular weight is 967 g/mol. The maximum Gasteiger partial charge on any atom is 0.326 e. The van der Waals surface area contributed by atoms with Gasteiger partial charge in [0, 0.05) is 21.7 Å². The molecule has 7 rings (SSSR count). The van der Waals surface area contributed by atoms with Crippen LogP contribution in [0, 0.1) is 57.2 Å². The zero-order chi connectivity index (χ0) is 45.0. The number of rotatable bonds is 13. The third-order valence-electron chi connectivity index (χ3n) is 17.5. The zero-order valence-corrected chi connectivity index (χ0v) is 39.3. The summed E-state index contributed by atoms with van der Waals surface area (Å²) in [6.07, 6.45) is 18.0. The summed E-state index contributed by atoms with van der Waals surface area (Å²) in [6, 6.07) is 1.40. The molecular weight excluding hydrogens is 899 g/mol. The van der Waals surface area contributed by atoms with Gasteiger partial charge in [-0.3, -0.25) is 24.2 Å². The lowest BCUT2D eigenvalue weighted by atomic mass is 9.36. The van der Waals surface area contributed by atoms with Crippen LogP contribution in [0.4, 0.5) is 0 Å². The summed E-state index contributed by atoms with van der Waals surface area (Å²) in [5.74, 6) is -1.41. The lowest BCUT2D eigenvalue weighted by Gasteiger charge is -2.72. The van der Waals surface area contributed by atoms with Gasteiger partial charge in [0.2, 0.25) is 5.91 Å². The minimum Gasteiger partial charge on any atom is -0.481 e. The number of carboxylic acid groups (broad SMARTS) is 2. The molecular formula is C49H67IN4O8. The molecule has 0 aromatic carbocycles. The van der Waals surface area contributed by atoms with Crippen LogP contribution in [0.15, 0.2) is 54.3 Å². The van der Waals surface area contributed by atoms with Crippen molar-refractivity contribution >= 4 is 52.3 Å². The van der Waals surface area contributed by atoms with E-state index >= 15 is 0 Å². The molecule has 5 fully saturated rings. The molecule has 0 bridgehead atoms. The Morgan fingerprint density at radius 1 is 0.919 bits per heavy atom. The number of nitrogens with one attached hydrogen (secondary N) is 3. The van der Waals surface area contributed by atoms with Crippen molar-refractivity contribution in [3.63, 3.8) is 0 Å². The molecule has 62 heavy (non-hydrogen) atoms. The molecule has 0 aliphatic heterocycles. The van der Waals surface area contributed by atoms with Crippen LogP contribution in [-0.4, -0.2) is 72.1 Å². The van der Waals surface area contributed by atoms with Crippen molar-refractivity contribution in [3.05, 3.63) is 65.5 Å². The number of carbonyl (C=O) groups is 5. The van der Waals surface area contributed by atoms with E-state index in [1.165, 1.54) is 30.7 Å². The van der Waals surface area contributed by atoms with Gasteiger partial charge in [-0.15, -0.1) is 0 Å². The molecule has 12 nitrogen and oxygen atoms in total. The highest BCUT2D eigenvalue weighted by atomic mass is 127. The SMILES string of the molecule is C=C(C)[C@H]1CCC2(C(=O)NCCC3C=C(C(=O)NCc4ccc(C(=O)NC(CC(=O)O)C(=O)O)cn4)C=CC3)CCC3(I)C(CCC4C5(C)CCC(O)C(C)(C)C5CCC43C)C12. The second kappa shape index (κ2) is 17.4. The van der Waals surface area contributed by atoms with Crippen LogP contribution in [0.2, 0.25) is 0 Å². The molecule has 6 aliphatic carbocycles. The predicted octanol–water partition coefficient (Wildman–Crippen LogP) is 7.55. The molecule has 3 amide bonds. The van der Waals surface area contributed by atoms with E-state index < -0.39 is 35.7 Å². The minimum absolute atomic E-state index is 0.0597. The Morgan fingerprint density at radius 3 is 2.35 bits per heavy atom. The summed E-state index contributed by atoms with van der Waals surface area (Å²) in [5.41, 5.74) is 2.16. The molecule has 0 radical (unpaired) electrons. The molecule has 0 saturated heterocycles. The second-order valence-electron chi connectivity index (χ2n) is 20.9. The van der Waals surface area contributed by atoms with E-state index in [1.54, 1.807) is 12.1 Å². The standard InChI is InChI=1S/C49H67IN4O8/c1-28(2)33-14-20-48(21-22-49(50)34(40(33)48)12-13-37-46(5)18-16-38(55)45(3,4)36(46)15-19-47(37,49)6)44(62)51-23-17-29-8-7-9-30(24-29)41(58)53-27-32-11-10-31(26-52-32)42(59)54-35(43(60)61)25-39(56)57/h7,9-11,24,26,29,33-38,40,55H,1,8,12-23,25,27H2,2-6H3,(H,51,62)(H,53,58)(H,54,59)(H,56,57)(H,60,61)/t29?,33-,34?,35?,36?,37?,38?,40?,46?,47?,48?,49?/m1/s1. The van der Waals surface area contributed by atoms with Crippen molar-refractivity contribution < 1.29 is 39.3 Å². The number of pyridine rings is 1. The highest BCUT2D eigenvalue weighted by Crippen LogP contribution is 2.77. The van der Waals surface area contributed by atoms with E-state index in [4.69, 9.17) is 5.11 Å². The number of carboxylic acids is 2. The van der Waals surface area contributed by atoms with Crippen LogP contribution in [0.3, 0.4) is 0 Å². The minimum atomic E-state index is -1.58. The highest BCUT2D eigenvalue weighted by molar-refractivity contribution is 14.1. The first-order chi connectivity index (χ1) is 29.2. The van der Waals surface area contributed by atoms with Crippen LogP contribution >= 0.6 is 22.6 Å². The summed E-state index contributed by atoms with van der Waals surface area (Å²) < 4.78 is 0.0958. The Kier molecular flexibility index (Phi) is 13.0. The molecule has 0 spiro atoms. The normalized spacial score (nSPS) is 37.2. The van der Waals surface area contributed by atoms with Crippen molar-refractivity contribution in [2.75, 3.05) is 6.54 Å². The van der Waals surface area contributed by atoms with Crippen LogP contribution < -0.4 is 16.0 Å². The molecule has 1 aromatic rings. The summed E-state index contributed by atoms with van der Waals surface area (Å²) >= 11 is 2.92. The van der Waals surface area contributed by atoms with Gasteiger partial charge in [0.1, 0.15) is 6.04 Å². The van der Waals surface area contributed by atoms with E-state index in [0.717, 1.165) is 57.8 Å². The predicted molar refractivity (Wildman–Crippen MR) is 244 cm³/mol. The number of aliphatic carboxylic acids is 2. The molecule has 338 valence electrons. The Hall–Kier alpha value is -3.59. The first kappa shape index (κ1) is 46.4. The van der Waals surface area contributed by atoms with Gasteiger partial charge in [-0.1, -0.05) is 80.7 Å². The fourth-order valence-electron chi connectivity index (χ4n) is 14.3. The first-order valence-corrected chi connectivity index (χ1v) is 23.9. The lowest BCUT2D eigenvalue weighted by molar-refractivity contribution is -0.204. The average Bonchev–Trinajstić information content (AvgIpc) is 3.63. The number of alkyl halides is 1. The van der Waals surface area contributed by atoms with Crippen molar-refractivity contribution in [2.45, 2.75) is 140 Å². The smallest absolute Gasteiger partial charge is 0.326 e. The fraction of sp³-hybridized carbons (Fsp3) is 0.673. The van der Waals surface area contributed by atoms with Gasteiger partial charge < -0.3 is 31.3 Å². The van der Waals surface area contributed by atoms with Gasteiger partial charge in [-0.2, -0.15) is 0 Å². The van der Waals surface area contributed by atoms with E-state index in [2.05, 4.69) is 84.7 Å². The molecule has 12 atom stereocenters. The van der Waals surface area contributed by atoms with Crippen molar-refractivity contribution in [1.82, 2.24) is 20.9 Å². The van der Waals surface area contributed by atoms with Crippen LogP contribution in [0.25, 0.3) is 0 Å². The number of aromatic nitrogens is 1. The fourth-order valence-corrected chi connectivity index (χ4v) is 15.9. The number of allylic oxidation sites excluding steroid dienone is 3. The topological polar surface area (TPSA) is 195 Å². The van der Waals surface area contributed by atoms with E-state index in [-0.39, 0.29) is 61.5 Å². The Morgan fingerprint density at radius 2 is 1.68 bits per heavy atom. The van der Waals surface area contributed by atoms with Crippen LogP contribution in [-0.2, 0) is 25.7 Å².